The molecule has 1 atom stereocenters. The Kier molecular flexibility index (Phi) is 5.73. The molecule has 0 saturated carbocycles. The number of carbonyl (C=O) groups is 2. The summed E-state index contributed by atoms with van der Waals surface area (Å²) >= 11 is 0. The van der Waals surface area contributed by atoms with Crippen molar-refractivity contribution in [2.45, 2.75) is 26.3 Å². The summed E-state index contributed by atoms with van der Waals surface area (Å²) in [6.45, 7) is 3.86. The third-order valence-corrected chi connectivity index (χ3v) is 2.48. The van der Waals surface area contributed by atoms with Gasteiger partial charge in [0.05, 0.1) is 12.7 Å². The van der Waals surface area contributed by atoms with E-state index in [1.54, 1.807) is 18.3 Å². The van der Waals surface area contributed by atoms with Crippen LogP contribution in [0.5, 0.6) is 0 Å². The molecule has 1 amide bonds. The van der Waals surface area contributed by atoms with Crippen molar-refractivity contribution in [1.29, 1.82) is 0 Å². The molecule has 0 aliphatic heterocycles. The third kappa shape index (κ3) is 4.91. The van der Waals surface area contributed by atoms with Crippen molar-refractivity contribution in [3.05, 3.63) is 41.7 Å². The zero-order valence-electron chi connectivity index (χ0n) is 11.3. The van der Waals surface area contributed by atoms with Crippen molar-refractivity contribution >= 4 is 11.9 Å². The molecule has 1 N–H and O–H groups in total. The first-order chi connectivity index (χ1) is 9.04. The smallest absolute Gasteiger partial charge is 0.328 e. The normalized spacial score (nSPS) is 11.3. The third-order valence-electron chi connectivity index (χ3n) is 2.48. The highest BCUT2D eigenvalue weighted by Gasteiger charge is 2.20. The Balaban J connectivity index is 2.75. The van der Waals surface area contributed by atoms with E-state index < -0.39 is 12.0 Å². The summed E-state index contributed by atoms with van der Waals surface area (Å²) in [5.74, 6) is -0.805. The second-order valence-electron chi connectivity index (χ2n) is 4.31. The molecular weight excluding hydrogens is 244 g/mol. The highest BCUT2D eigenvalue weighted by Crippen LogP contribution is 2.03. The summed E-state index contributed by atoms with van der Waals surface area (Å²) in [5, 5.41) is 2.64. The summed E-state index contributed by atoms with van der Waals surface area (Å²) in [7, 11) is 1.30. The van der Waals surface area contributed by atoms with Gasteiger partial charge in [0.15, 0.2) is 0 Å². The number of aromatic nitrogens is 1. The van der Waals surface area contributed by atoms with Crippen LogP contribution in [0, 0.1) is 0 Å². The number of esters is 1. The van der Waals surface area contributed by atoms with Gasteiger partial charge < -0.3 is 10.1 Å². The van der Waals surface area contributed by atoms with Gasteiger partial charge in [0.25, 0.3) is 5.91 Å². The lowest BCUT2D eigenvalue weighted by molar-refractivity contribution is -0.142. The maximum absolute atomic E-state index is 11.9. The van der Waals surface area contributed by atoms with Crippen molar-refractivity contribution < 1.29 is 14.3 Å². The first-order valence-electron chi connectivity index (χ1n) is 5.96. The van der Waals surface area contributed by atoms with Crippen LogP contribution in [0.25, 0.3) is 0 Å². The second-order valence-corrected chi connectivity index (χ2v) is 4.31. The molecule has 0 spiro atoms. The van der Waals surface area contributed by atoms with E-state index in [0.717, 1.165) is 5.57 Å². The minimum absolute atomic E-state index is 0.342. The average Bonchev–Trinajstić information content (AvgIpc) is 2.43. The minimum Gasteiger partial charge on any atom is -0.467 e. The summed E-state index contributed by atoms with van der Waals surface area (Å²) in [6.07, 6.45) is 5.31. The van der Waals surface area contributed by atoms with Crippen LogP contribution in [0.2, 0.25) is 0 Å². The standard InChI is InChI=1S/C14H18N2O3/c1-10(2)6-7-12(14(18)19-3)16-13(17)11-5-4-8-15-9-11/h4-6,8-9,12H,7H2,1-3H3,(H,16,17)/t12-/m0/s1. The number of rotatable bonds is 5. The molecule has 5 heteroatoms. The molecule has 1 aromatic rings. The van der Waals surface area contributed by atoms with E-state index in [1.807, 2.05) is 19.9 Å². The van der Waals surface area contributed by atoms with Gasteiger partial charge in [-0.2, -0.15) is 0 Å². The van der Waals surface area contributed by atoms with Crippen LogP contribution in [-0.2, 0) is 9.53 Å². The number of pyridine rings is 1. The lowest BCUT2D eigenvalue weighted by Gasteiger charge is -2.15. The van der Waals surface area contributed by atoms with Crippen LogP contribution in [0.1, 0.15) is 30.6 Å². The van der Waals surface area contributed by atoms with Crippen molar-refractivity contribution in [2.24, 2.45) is 0 Å². The molecule has 5 nitrogen and oxygen atoms in total. The van der Waals surface area contributed by atoms with E-state index in [-0.39, 0.29) is 5.91 Å². The number of hydrogen-bond donors (Lipinski definition) is 1. The van der Waals surface area contributed by atoms with E-state index in [2.05, 4.69) is 15.0 Å². The molecule has 0 aliphatic rings. The Morgan fingerprint density at radius 3 is 2.74 bits per heavy atom. The molecule has 0 fully saturated rings. The fourth-order valence-electron chi connectivity index (χ4n) is 1.45. The summed E-state index contributed by atoms with van der Waals surface area (Å²) in [4.78, 5) is 27.4. The van der Waals surface area contributed by atoms with Crippen LogP contribution >= 0.6 is 0 Å². The van der Waals surface area contributed by atoms with Crippen molar-refractivity contribution in [1.82, 2.24) is 10.3 Å². The van der Waals surface area contributed by atoms with Gasteiger partial charge in [-0.25, -0.2) is 4.79 Å². The highest BCUT2D eigenvalue weighted by molar-refractivity contribution is 5.96. The molecule has 1 heterocycles. The molecule has 1 rings (SSSR count). The molecule has 0 radical (unpaired) electrons. The summed E-state index contributed by atoms with van der Waals surface area (Å²) < 4.78 is 4.68. The molecule has 102 valence electrons. The van der Waals surface area contributed by atoms with E-state index in [0.29, 0.717) is 12.0 Å². The minimum atomic E-state index is -0.687. The Morgan fingerprint density at radius 1 is 1.47 bits per heavy atom. The molecule has 1 aromatic heterocycles. The number of methoxy groups -OCH3 is 1. The molecule has 0 saturated heterocycles. The monoisotopic (exact) mass is 262 g/mol. The largest absolute Gasteiger partial charge is 0.467 e. The Morgan fingerprint density at radius 2 is 2.21 bits per heavy atom. The first-order valence-corrected chi connectivity index (χ1v) is 5.96. The Bertz CT molecular complexity index is 465. The van der Waals surface area contributed by atoms with Crippen LogP contribution in [-0.4, -0.2) is 30.0 Å². The number of nitrogens with one attached hydrogen (secondary N) is 1. The van der Waals surface area contributed by atoms with Gasteiger partial charge in [-0.05, 0) is 32.4 Å². The number of carbonyl (C=O) groups excluding carboxylic acids is 2. The van der Waals surface area contributed by atoms with Crippen LogP contribution in [0.3, 0.4) is 0 Å². The van der Waals surface area contributed by atoms with E-state index in [1.165, 1.54) is 13.3 Å². The van der Waals surface area contributed by atoms with Gasteiger partial charge in [0.1, 0.15) is 6.04 Å². The summed E-state index contributed by atoms with van der Waals surface area (Å²) in [5.41, 5.74) is 1.48. The van der Waals surface area contributed by atoms with Gasteiger partial charge >= 0.3 is 5.97 Å². The quantitative estimate of drug-likeness (QED) is 0.648. The summed E-state index contributed by atoms with van der Waals surface area (Å²) in [6, 6.07) is 2.61. The van der Waals surface area contributed by atoms with Crippen molar-refractivity contribution in [2.75, 3.05) is 7.11 Å². The van der Waals surface area contributed by atoms with E-state index in [4.69, 9.17) is 0 Å². The number of nitrogens with zero attached hydrogens (tertiary/aromatic N) is 1. The Labute approximate surface area is 112 Å². The zero-order valence-corrected chi connectivity index (χ0v) is 11.3. The lowest BCUT2D eigenvalue weighted by Crippen LogP contribution is -2.41. The van der Waals surface area contributed by atoms with Crippen LogP contribution in [0.4, 0.5) is 0 Å². The average molecular weight is 262 g/mol. The predicted molar refractivity (Wildman–Crippen MR) is 71.6 cm³/mol. The van der Waals surface area contributed by atoms with Gasteiger partial charge in [-0.15, -0.1) is 0 Å². The number of allylic oxidation sites excluding steroid dienone is 1. The molecule has 0 aliphatic carbocycles. The molecule has 0 unspecified atom stereocenters. The van der Waals surface area contributed by atoms with Crippen molar-refractivity contribution in [3.8, 4) is 0 Å². The van der Waals surface area contributed by atoms with Crippen LogP contribution in [0.15, 0.2) is 36.2 Å². The molecule has 0 bridgehead atoms. The van der Waals surface area contributed by atoms with E-state index in [9.17, 15) is 9.59 Å². The van der Waals surface area contributed by atoms with Gasteiger partial charge in [-0.3, -0.25) is 9.78 Å². The SMILES string of the molecule is COC(=O)[C@H](CC=C(C)C)NC(=O)c1cccnc1. The second kappa shape index (κ2) is 7.31. The van der Waals surface area contributed by atoms with Gasteiger partial charge in [0.2, 0.25) is 0 Å². The van der Waals surface area contributed by atoms with Gasteiger partial charge in [0, 0.05) is 12.4 Å². The number of ether oxygens (including phenoxy) is 1. The van der Waals surface area contributed by atoms with Crippen LogP contribution < -0.4 is 5.32 Å². The Hall–Kier alpha value is -2.17. The predicted octanol–water partition coefficient (Wildman–Crippen LogP) is 1.71. The maximum atomic E-state index is 11.9. The number of hydrogen-bond acceptors (Lipinski definition) is 4. The maximum Gasteiger partial charge on any atom is 0.328 e. The zero-order chi connectivity index (χ0) is 14.3. The lowest BCUT2D eigenvalue weighted by atomic mass is 10.1. The van der Waals surface area contributed by atoms with E-state index >= 15 is 0 Å². The van der Waals surface area contributed by atoms with Crippen molar-refractivity contribution in [3.63, 3.8) is 0 Å². The molecule has 0 aromatic carbocycles. The van der Waals surface area contributed by atoms with Gasteiger partial charge in [-0.1, -0.05) is 11.6 Å². The highest BCUT2D eigenvalue weighted by atomic mass is 16.5. The fraction of sp³-hybridized carbons (Fsp3) is 0.357. The first kappa shape index (κ1) is 14.9. The molecule has 19 heavy (non-hydrogen) atoms. The topological polar surface area (TPSA) is 68.3 Å². The fourth-order valence-corrected chi connectivity index (χ4v) is 1.45. The molecular formula is C14H18N2O3. The number of amides is 1.